The van der Waals surface area contributed by atoms with Crippen molar-refractivity contribution in [3.05, 3.63) is 29.8 Å². The number of hydrogen-bond acceptors (Lipinski definition) is 5. The van der Waals surface area contributed by atoms with Crippen molar-refractivity contribution in [3.8, 4) is 0 Å². The Kier molecular flexibility index (Phi) is 8.06. The Labute approximate surface area is 174 Å². The molecule has 2 saturated heterocycles. The van der Waals surface area contributed by atoms with Crippen LogP contribution in [0.3, 0.4) is 0 Å². The summed E-state index contributed by atoms with van der Waals surface area (Å²) >= 11 is 0. The third-order valence-corrected chi connectivity index (χ3v) is 7.77. The zero-order valence-corrected chi connectivity index (χ0v) is 18.1. The number of nitrogens with one attached hydrogen (secondary N) is 1. The van der Waals surface area contributed by atoms with Crippen molar-refractivity contribution in [1.82, 2.24) is 14.5 Å². The van der Waals surface area contributed by atoms with Crippen LogP contribution in [0.1, 0.15) is 49.4 Å². The van der Waals surface area contributed by atoms with Gasteiger partial charge >= 0.3 is 0 Å². The summed E-state index contributed by atoms with van der Waals surface area (Å²) in [6.07, 6.45) is 5.98. The number of sulfonamides is 1. The van der Waals surface area contributed by atoms with Crippen LogP contribution < -0.4 is 5.32 Å². The van der Waals surface area contributed by atoms with E-state index in [2.05, 4.69) is 17.1 Å². The van der Waals surface area contributed by atoms with Crippen LogP contribution in [0.15, 0.2) is 29.2 Å². The Hall–Kier alpha value is -1.48. The molecule has 2 aliphatic rings. The highest BCUT2D eigenvalue weighted by Gasteiger charge is 2.26. The van der Waals surface area contributed by atoms with E-state index in [1.165, 1.54) is 42.1 Å². The van der Waals surface area contributed by atoms with Gasteiger partial charge in [0.1, 0.15) is 0 Å². The minimum Gasteiger partial charge on any atom is -0.379 e. The average Bonchev–Trinajstić information content (AvgIpc) is 2.77. The van der Waals surface area contributed by atoms with E-state index in [-0.39, 0.29) is 10.8 Å². The first-order chi connectivity index (χ1) is 14.0. The Morgan fingerprint density at radius 1 is 1.14 bits per heavy atom. The monoisotopic (exact) mass is 423 g/mol. The van der Waals surface area contributed by atoms with Crippen molar-refractivity contribution < 1.29 is 17.9 Å². The minimum absolute atomic E-state index is 0.161. The van der Waals surface area contributed by atoms with E-state index in [4.69, 9.17) is 4.74 Å². The fourth-order valence-corrected chi connectivity index (χ4v) is 5.53. The van der Waals surface area contributed by atoms with Crippen molar-refractivity contribution >= 4 is 15.9 Å². The highest BCUT2D eigenvalue weighted by Crippen LogP contribution is 2.20. The SMILES string of the molecule is CCC1CCCCN1CCCNC(=O)c1ccc(S(=O)(=O)N2CCOCC2)cc1. The van der Waals surface area contributed by atoms with Crippen LogP contribution in [0.5, 0.6) is 0 Å². The predicted molar refractivity (Wildman–Crippen MR) is 112 cm³/mol. The van der Waals surface area contributed by atoms with Crippen molar-refractivity contribution in [3.63, 3.8) is 0 Å². The first kappa shape index (κ1) is 22.2. The van der Waals surface area contributed by atoms with Crippen molar-refractivity contribution in [2.45, 2.75) is 50.0 Å². The molecule has 0 bridgehead atoms. The second-order valence-corrected chi connectivity index (χ2v) is 9.68. The van der Waals surface area contributed by atoms with Gasteiger partial charge in [-0.05, 0) is 56.5 Å². The molecule has 1 N–H and O–H groups in total. The van der Waals surface area contributed by atoms with E-state index in [1.54, 1.807) is 12.1 Å². The molecule has 3 rings (SSSR count). The number of rotatable bonds is 8. The first-order valence-electron chi connectivity index (χ1n) is 10.7. The van der Waals surface area contributed by atoms with Crippen molar-refractivity contribution in [2.24, 2.45) is 0 Å². The lowest BCUT2D eigenvalue weighted by Crippen LogP contribution is -2.40. The lowest BCUT2D eigenvalue weighted by molar-refractivity contribution is 0.0730. The van der Waals surface area contributed by atoms with Crippen molar-refractivity contribution in [2.75, 3.05) is 45.9 Å². The van der Waals surface area contributed by atoms with Crippen LogP contribution in [0.2, 0.25) is 0 Å². The van der Waals surface area contributed by atoms with Gasteiger partial charge in [-0.3, -0.25) is 4.79 Å². The number of ether oxygens (including phenoxy) is 1. The highest BCUT2D eigenvalue weighted by molar-refractivity contribution is 7.89. The van der Waals surface area contributed by atoms with E-state index in [1.807, 2.05) is 0 Å². The van der Waals surface area contributed by atoms with E-state index >= 15 is 0 Å². The van der Waals surface area contributed by atoms with Gasteiger partial charge in [-0.2, -0.15) is 4.31 Å². The molecule has 1 atom stereocenters. The van der Waals surface area contributed by atoms with Gasteiger partial charge in [-0.15, -0.1) is 0 Å². The van der Waals surface area contributed by atoms with Gasteiger partial charge in [-0.25, -0.2) is 8.42 Å². The molecule has 0 aliphatic carbocycles. The molecular formula is C21H33N3O4S. The molecule has 1 amide bonds. The molecule has 2 fully saturated rings. The smallest absolute Gasteiger partial charge is 0.251 e. The average molecular weight is 424 g/mol. The number of hydrogen-bond donors (Lipinski definition) is 1. The number of piperidine rings is 1. The molecule has 162 valence electrons. The largest absolute Gasteiger partial charge is 0.379 e. The van der Waals surface area contributed by atoms with E-state index in [0.717, 1.165) is 19.5 Å². The zero-order chi connectivity index (χ0) is 20.7. The summed E-state index contributed by atoms with van der Waals surface area (Å²) in [7, 11) is -3.53. The Bertz CT molecular complexity index is 761. The summed E-state index contributed by atoms with van der Waals surface area (Å²) in [4.78, 5) is 15.1. The molecule has 0 spiro atoms. The molecule has 1 aromatic carbocycles. The molecule has 0 aromatic heterocycles. The van der Waals surface area contributed by atoms with Gasteiger partial charge in [0.15, 0.2) is 0 Å². The maximum atomic E-state index is 12.6. The van der Waals surface area contributed by atoms with Crippen LogP contribution in [-0.2, 0) is 14.8 Å². The standard InChI is InChI=1S/C21H33N3O4S/c1-2-19-6-3-4-12-23(19)13-5-11-22-21(25)18-7-9-20(10-8-18)29(26,27)24-14-16-28-17-15-24/h7-10,19H,2-6,11-17H2,1H3,(H,22,25). The lowest BCUT2D eigenvalue weighted by atomic mass is 10.00. The Morgan fingerprint density at radius 3 is 2.55 bits per heavy atom. The molecule has 8 heteroatoms. The molecule has 7 nitrogen and oxygen atoms in total. The molecule has 1 aromatic rings. The third kappa shape index (κ3) is 5.78. The van der Waals surface area contributed by atoms with Crippen LogP contribution in [0, 0.1) is 0 Å². The summed E-state index contributed by atoms with van der Waals surface area (Å²) in [5.74, 6) is -0.161. The summed E-state index contributed by atoms with van der Waals surface area (Å²) < 4.78 is 31.9. The van der Waals surface area contributed by atoms with Crippen LogP contribution >= 0.6 is 0 Å². The highest BCUT2D eigenvalue weighted by atomic mass is 32.2. The van der Waals surface area contributed by atoms with Gasteiger partial charge in [0.05, 0.1) is 18.1 Å². The third-order valence-electron chi connectivity index (χ3n) is 5.85. The molecular weight excluding hydrogens is 390 g/mol. The van der Waals surface area contributed by atoms with Crippen LogP contribution in [0.25, 0.3) is 0 Å². The number of amides is 1. The normalized spacial score (nSPS) is 21.8. The number of carbonyl (C=O) groups excluding carboxylic acids is 1. The number of carbonyl (C=O) groups is 1. The number of morpholine rings is 1. The Balaban J connectivity index is 1.47. The van der Waals surface area contributed by atoms with Crippen LogP contribution in [-0.4, -0.2) is 75.5 Å². The topological polar surface area (TPSA) is 79.0 Å². The minimum atomic E-state index is -3.53. The van der Waals surface area contributed by atoms with Gasteiger partial charge in [-0.1, -0.05) is 13.3 Å². The maximum Gasteiger partial charge on any atom is 0.251 e. The fourth-order valence-electron chi connectivity index (χ4n) is 4.12. The van der Waals surface area contributed by atoms with E-state index < -0.39 is 10.0 Å². The zero-order valence-electron chi connectivity index (χ0n) is 17.3. The number of benzene rings is 1. The fraction of sp³-hybridized carbons (Fsp3) is 0.667. The molecule has 29 heavy (non-hydrogen) atoms. The molecule has 2 aliphatic heterocycles. The predicted octanol–water partition coefficient (Wildman–Crippen LogP) is 2.09. The van der Waals surface area contributed by atoms with Crippen LogP contribution in [0.4, 0.5) is 0 Å². The summed E-state index contributed by atoms with van der Waals surface area (Å²) in [6, 6.07) is 6.87. The second kappa shape index (κ2) is 10.5. The Morgan fingerprint density at radius 2 is 1.86 bits per heavy atom. The maximum absolute atomic E-state index is 12.6. The first-order valence-corrected chi connectivity index (χ1v) is 12.2. The van der Waals surface area contributed by atoms with E-state index in [9.17, 15) is 13.2 Å². The van der Waals surface area contributed by atoms with Gasteiger partial charge in [0, 0.05) is 37.8 Å². The van der Waals surface area contributed by atoms with Gasteiger partial charge < -0.3 is 15.0 Å². The number of likely N-dealkylation sites (tertiary alicyclic amines) is 1. The summed E-state index contributed by atoms with van der Waals surface area (Å²) in [6.45, 7) is 6.58. The summed E-state index contributed by atoms with van der Waals surface area (Å²) in [5, 5.41) is 2.95. The molecule has 0 radical (unpaired) electrons. The second-order valence-electron chi connectivity index (χ2n) is 7.74. The molecule has 1 unspecified atom stereocenters. The van der Waals surface area contributed by atoms with E-state index in [0.29, 0.717) is 44.5 Å². The van der Waals surface area contributed by atoms with Gasteiger partial charge in [0.25, 0.3) is 5.91 Å². The van der Waals surface area contributed by atoms with Crippen molar-refractivity contribution in [1.29, 1.82) is 0 Å². The van der Waals surface area contributed by atoms with Gasteiger partial charge in [0.2, 0.25) is 10.0 Å². The lowest BCUT2D eigenvalue weighted by Gasteiger charge is -2.35. The quantitative estimate of drug-likeness (QED) is 0.648. The number of nitrogens with zero attached hydrogens (tertiary/aromatic N) is 2. The summed E-state index contributed by atoms with van der Waals surface area (Å²) in [5.41, 5.74) is 0.482. The molecule has 2 heterocycles. The molecule has 0 saturated carbocycles.